The molecule has 1 aromatic carbocycles. The highest BCUT2D eigenvalue weighted by Gasteiger charge is 2.19. The molecular weight excluding hydrogens is 359 g/mol. The van der Waals surface area contributed by atoms with Gasteiger partial charge in [-0.15, -0.1) is 0 Å². The topological polar surface area (TPSA) is 59.1 Å². The van der Waals surface area contributed by atoms with Gasteiger partial charge in [0.2, 0.25) is 0 Å². The van der Waals surface area contributed by atoms with E-state index in [1.165, 1.54) is 30.5 Å². The molecule has 0 aliphatic carbocycles. The lowest BCUT2D eigenvalue weighted by Crippen LogP contribution is -2.14. The van der Waals surface area contributed by atoms with Crippen molar-refractivity contribution in [1.29, 1.82) is 0 Å². The van der Waals surface area contributed by atoms with Crippen LogP contribution in [-0.4, -0.2) is 13.4 Å². The second-order valence-corrected chi connectivity index (χ2v) is 6.48. The van der Waals surface area contributed by atoms with E-state index in [9.17, 15) is 12.8 Å². The number of hydrogen-bond donors (Lipinski definition) is 1. The van der Waals surface area contributed by atoms with Crippen molar-refractivity contribution in [3.05, 3.63) is 52.0 Å². The van der Waals surface area contributed by atoms with Crippen molar-refractivity contribution in [2.24, 2.45) is 0 Å². The van der Waals surface area contributed by atoms with E-state index in [4.69, 9.17) is 11.6 Å². The number of anilines is 1. The number of nitrogens with one attached hydrogen (secondary N) is 1. The Kier molecular flexibility index (Phi) is 4.07. The predicted octanol–water partition coefficient (Wildman–Crippen LogP) is 3.44. The number of benzene rings is 1. The third-order valence-electron chi connectivity index (χ3n) is 2.14. The van der Waals surface area contributed by atoms with Gasteiger partial charge >= 0.3 is 0 Å². The number of nitrogens with zero attached hydrogens (tertiary/aromatic N) is 1. The van der Waals surface area contributed by atoms with Gasteiger partial charge in [-0.25, -0.2) is 17.8 Å². The van der Waals surface area contributed by atoms with Crippen LogP contribution < -0.4 is 4.72 Å². The van der Waals surface area contributed by atoms with Crippen molar-refractivity contribution in [2.45, 2.75) is 4.90 Å². The zero-order valence-electron chi connectivity index (χ0n) is 9.27. The maximum absolute atomic E-state index is 13.0. The fourth-order valence-corrected chi connectivity index (χ4v) is 3.35. The predicted molar refractivity (Wildman–Crippen MR) is 74.2 cm³/mol. The van der Waals surface area contributed by atoms with Crippen molar-refractivity contribution in [1.82, 2.24) is 4.98 Å². The Morgan fingerprint density at radius 3 is 2.74 bits per heavy atom. The molecule has 0 saturated carbocycles. The third-order valence-corrected chi connectivity index (χ3v) is 4.38. The van der Waals surface area contributed by atoms with Crippen LogP contribution in [-0.2, 0) is 10.0 Å². The van der Waals surface area contributed by atoms with Gasteiger partial charge in [0.1, 0.15) is 15.9 Å². The van der Waals surface area contributed by atoms with Gasteiger partial charge in [-0.05, 0) is 40.2 Å². The second kappa shape index (κ2) is 5.44. The van der Waals surface area contributed by atoms with Gasteiger partial charge in [-0.1, -0.05) is 17.7 Å². The van der Waals surface area contributed by atoms with E-state index in [-0.39, 0.29) is 15.7 Å². The highest BCUT2D eigenvalue weighted by atomic mass is 79.9. The summed E-state index contributed by atoms with van der Waals surface area (Å²) in [6.45, 7) is 0. The zero-order valence-corrected chi connectivity index (χ0v) is 12.4. The summed E-state index contributed by atoms with van der Waals surface area (Å²) in [5.41, 5.74) is 0.107. The first-order valence-corrected chi connectivity index (χ1v) is 7.63. The first kappa shape index (κ1) is 14.2. The van der Waals surface area contributed by atoms with Crippen LogP contribution in [0.4, 0.5) is 10.1 Å². The lowest BCUT2D eigenvalue weighted by molar-refractivity contribution is 0.600. The standard InChI is InChI=1S/C11H7BrClFN2O2S/c12-7-4-10(11(13)15-6-7)19(17,18)16-9-3-1-2-8(14)5-9/h1-6,16H. The molecule has 19 heavy (non-hydrogen) atoms. The molecule has 0 atom stereocenters. The summed E-state index contributed by atoms with van der Waals surface area (Å²) in [7, 11) is -3.92. The molecule has 0 saturated heterocycles. The van der Waals surface area contributed by atoms with Gasteiger partial charge in [0.05, 0.1) is 5.69 Å². The van der Waals surface area contributed by atoms with E-state index in [1.54, 1.807) is 0 Å². The molecule has 1 heterocycles. The molecule has 1 N–H and O–H groups in total. The molecule has 0 bridgehead atoms. The lowest BCUT2D eigenvalue weighted by atomic mass is 10.3. The first-order valence-electron chi connectivity index (χ1n) is 4.98. The number of hydrogen-bond acceptors (Lipinski definition) is 3. The summed E-state index contributed by atoms with van der Waals surface area (Å²) in [5.74, 6) is -0.543. The Hall–Kier alpha value is -1.18. The van der Waals surface area contributed by atoms with Crippen LogP contribution in [0.3, 0.4) is 0 Å². The van der Waals surface area contributed by atoms with E-state index >= 15 is 0 Å². The smallest absolute Gasteiger partial charge is 0.265 e. The minimum Gasteiger partial charge on any atom is -0.279 e. The maximum atomic E-state index is 13.0. The van der Waals surface area contributed by atoms with E-state index < -0.39 is 15.8 Å². The van der Waals surface area contributed by atoms with Crippen LogP contribution in [0.2, 0.25) is 5.15 Å². The molecule has 0 spiro atoms. The van der Waals surface area contributed by atoms with Crippen LogP contribution in [0.1, 0.15) is 0 Å². The molecule has 2 rings (SSSR count). The summed E-state index contributed by atoms with van der Waals surface area (Å²) in [4.78, 5) is 3.54. The van der Waals surface area contributed by atoms with Crippen LogP contribution in [0.5, 0.6) is 0 Å². The summed E-state index contributed by atoms with van der Waals surface area (Å²) in [6.07, 6.45) is 1.38. The largest absolute Gasteiger partial charge is 0.279 e. The molecule has 4 nitrogen and oxygen atoms in total. The van der Waals surface area contributed by atoms with Crippen molar-refractivity contribution in [3.63, 3.8) is 0 Å². The third kappa shape index (κ3) is 3.43. The fourth-order valence-electron chi connectivity index (χ4n) is 1.35. The number of pyridine rings is 1. The molecule has 0 fully saturated rings. The van der Waals surface area contributed by atoms with Crippen LogP contribution in [0.25, 0.3) is 0 Å². The number of aromatic nitrogens is 1. The Morgan fingerprint density at radius 1 is 1.32 bits per heavy atom. The molecule has 0 aliphatic rings. The highest BCUT2D eigenvalue weighted by Crippen LogP contribution is 2.25. The molecule has 0 amide bonds. The minimum atomic E-state index is -3.92. The molecule has 1 aromatic heterocycles. The fraction of sp³-hybridized carbons (Fsp3) is 0. The highest BCUT2D eigenvalue weighted by molar-refractivity contribution is 9.10. The van der Waals surface area contributed by atoms with E-state index in [0.717, 1.165) is 6.07 Å². The van der Waals surface area contributed by atoms with Gasteiger partial charge in [0.25, 0.3) is 10.0 Å². The molecule has 100 valence electrons. The van der Waals surface area contributed by atoms with E-state index in [1.807, 2.05) is 0 Å². The molecule has 0 radical (unpaired) electrons. The maximum Gasteiger partial charge on any atom is 0.265 e. The van der Waals surface area contributed by atoms with E-state index in [0.29, 0.717) is 4.47 Å². The number of sulfonamides is 1. The second-order valence-electron chi connectivity index (χ2n) is 3.56. The Morgan fingerprint density at radius 2 is 2.05 bits per heavy atom. The van der Waals surface area contributed by atoms with Crippen molar-refractivity contribution in [3.8, 4) is 0 Å². The average molecular weight is 366 g/mol. The SMILES string of the molecule is O=S(=O)(Nc1cccc(F)c1)c1cc(Br)cnc1Cl. The van der Waals surface area contributed by atoms with Gasteiger partial charge in [0, 0.05) is 10.7 Å². The summed E-state index contributed by atoms with van der Waals surface area (Å²) >= 11 is 8.87. The van der Waals surface area contributed by atoms with Gasteiger partial charge < -0.3 is 0 Å². The summed E-state index contributed by atoms with van der Waals surface area (Å²) in [5, 5.41) is -0.160. The average Bonchev–Trinajstić information content (AvgIpc) is 2.31. The van der Waals surface area contributed by atoms with Crippen molar-refractivity contribution in [2.75, 3.05) is 4.72 Å². The van der Waals surface area contributed by atoms with Crippen LogP contribution >= 0.6 is 27.5 Å². The van der Waals surface area contributed by atoms with Gasteiger partial charge in [-0.3, -0.25) is 4.72 Å². The molecule has 2 aromatic rings. The molecular formula is C11H7BrClFN2O2S. The lowest BCUT2D eigenvalue weighted by Gasteiger charge is -2.09. The zero-order chi connectivity index (χ0) is 14.0. The number of rotatable bonds is 3. The minimum absolute atomic E-state index is 0.107. The van der Waals surface area contributed by atoms with Gasteiger partial charge in [-0.2, -0.15) is 0 Å². The van der Waals surface area contributed by atoms with Crippen molar-refractivity contribution < 1.29 is 12.8 Å². The number of halogens is 3. The first-order chi connectivity index (χ1) is 8.88. The Bertz CT molecular complexity index is 724. The Labute approximate surface area is 122 Å². The summed E-state index contributed by atoms with van der Waals surface area (Å²) < 4.78 is 39.9. The quantitative estimate of drug-likeness (QED) is 0.848. The van der Waals surface area contributed by atoms with Gasteiger partial charge in [0.15, 0.2) is 0 Å². The van der Waals surface area contributed by atoms with Crippen LogP contribution in [0, 0.1) is 5.82 Å². The molecule has 0 aliphatic heterocycles. The summed E-state index contributed by atoms with van der Waals surface area (Å²) in [6, 6.07) is 6.42. The van der Waals surface area contributed by atoms with Crippen LogP contribution in [0.15, 0.2) is 45.9 Å². The van der Waals surface area contributed by atoms with E-state index in [2.05, 4.69) is 25.6 Å². The monoisotopic (exact) mass is 364 g/mol. The normalized spacial score (nSPS) is 11.3. The Balaban J connectivity index is 2.40. The molecule has 8 heteroatoms. The molecule has 0 unspecified atom stereocenters. The van der Waals surface area contributed by atoms with Crippen molar-refractivity contribution >= 4 is 43.2 Å².